The third kappa shape index (κ3) is 2.42. The van der Waals surface area contributed by atoms with Gasteiger partial charge < -0.3 is 5.32 Å². The number of thiazole rings is 1. The van der Waals surface area contributed by atoms with Crippen LogP contribution in [0.15, 0.2) is 18.2 Å². The van der Waals surface area contributed by atoms with Crippen LogP contribution in [0.1, 0.15) is 39.3 Å². The topological polar surface area (TPSA) is 54.0 Å². The van der Waals surface area contributed by atoms with Gasteiger partial charge >= 0.3 is 0 Å². The Hall–Kier alpha value is -1.88. The second-order valence-electron chi connectivity index (χ2n) is 5.60. The number of hydrogen-bond donors (Lipinski definition) is 2. The highest BCUT2D eigenvalue weighted by Crippen LogP contribution is 2.31. The van der Waals surface area contributed by atoms with Gasteiger partial charge in [-0.15, -0.1) is 11.3 Å². The van der Waals surface area contributed by atoms with Gasteiger partial charge in [0.05, 0.1) is 5.69 Å². The molecule has 0 atom stereocenters. The van der Waals surface area contributed by atoms with E-state index in [4.69, 9.17) is 0 Å². The van der Waals surface area contributed by atoms with Gasteiger partial charge in [0.1, 0.15) is 0 Å². The van der Waals surface area contributed by atoms with Crippen molar-refractivity contribution in [3.8, 4) is 0 Å². The Labute approximate surface area is 127 Å². The fourth-order valence-corrected chi connectivity index (χ4v) is 4.07. The molecule has 1 aliphatic carbocycles. The van der Waals surface area contributed by atoms with Crippen LogP contribution in [-0.4, -0.2) is 17.4 Å². The number of aromatic nitrogens is 1. The maximum Gasteiger partial charge on any atom is 0.257 e. The lowest BCUT2D eigenvalue weighted by molar-refractivity contribution is 0.102. The van der Waals surface area contributed by atoms with Crippen molar-refractivity contribution in [3.63, 3.8) is 0 Å². The minimum Gasteiger partial charge on any atom is -0.385 e. The Morgan fingerprint density at radius 1 is 1.24 bits per heavy atom. The summed E-state index contributed by atoms with van der Waals surface area (Å²) < 4.78 is 0. The zero-order valence-electron chi connectivity index (χ0n) is 11.7. The molecule has 0 bridgehead atoms. The number of anilines is 2. The predicted octanol–water partition coefficient (Wildman–Crippen LogP) is 3.24. The zero-order chi connectivity index (χ0) is 14.2. The summed E-state index contributed by atoms with van der Waals surface area (Å²) in [5.74, 6) is -0.0594. The minimum absolute atomic E-state index is 0.0594. The van der Waals surface area contributed by atoms with Crippen molar-refractivity contribution in [2.24, 2.45) is 0 Å². The molecule has 21 heavy (non-hydrogen) atoms. The molecule has 0 spiro atoms. The third-order valence-corrected chi connectivity index (χ3v) is 5.19. The average molecular weight is 299 g/mol. The summed E-state index contributed by atoms with van der Waals surface area (Å²) in [4.78, 5) is 18.2. The quantitative estimate of drug-likeness (QED) is 0.895. The molecular weight excluding hydrogens is 282 g/mol. The largest absolute Gasteiger partial charge is 0.385 e. The number of amides is 1. The first kappa shape index (κ1) is 12.8. The van der Waals surface area contributed by atoms with Gasteiger partial charge in [-0.3, -0.25) is 10.1 Å². The van der Waals surface area contributed by atoms with E-state index in [1.807, 2.05) is 18.2 Å². The summed E-state index contributed by atoms with van der Waals surface area (Å²) in [5, 5.41) is 7.04. The van der Waals surface area contributed by atoms with E-state index in [-0.39, 0.29) is 5.91 Å². The highest BCUT2D eigenvalue weighted by molar-refractivity contribution is 7.15. The molecule has 0 saturated heterocycles. The number of aryl methyl sites for hydroxylation is 3. The molecule has 1 aromatic carbocycles. The highest BCUT2D eigenvalue weighted by Gasteiger charge is 2.19. The molecule has 5 heteroatoms. The first-order valence-corrected chi connectivity index (χ1v) is 8.28. The van der Waals surface area contributed by atoms with Crippen LogP contribution in [-0.2, 0) is 19.3 Å². The van der Waals surface area contributed by atoms with Crippen LogP contribution in [0, 0.1) is 0 Å². The highest BCUT2D eigenvalue weighted by atomic mass is 32.1. The molecular formula is C16H17N3OS. The van der Waals surface area contributed by atoms with Crippen LogP contribution < -0.4 is 10.6 Å². The Morgan fingerprint density at radius 3 is 3.10 bits per heavy atom. The van der Waals surface area contributed by atoms with Gasteiger partial charge in [-0.05, 0) is 55.9 Å². The number of hydrogen-bond acceptors (Lipinski definition) is 4. The second-order valence-corrected chi connectivity index (χ2v) is 6.68. The maximum absolute atomic E-state index is 12.4. The molecule has 2 aliphatic rings. The molecule has 0 fully saturated rings. The third-order valence-electron chi connectivity index (χ3n) is 4.12. The number of carbonyl (C=O) groups is 1. The second kappa shape index (κ2) is 5.15. The van der Waals surface area contributed by atoms with E-state index in [1.54, 1.807) is 11.3 Å². The Morgan fingerprint density at radius 2 is 2.19 bits per heavy atom. The van der Waals surface area contributed by atoms with Gasteiger partial charge in [-0.2, -0.15) is 0 Å². The Bertz CT molecular complexity index is 686. The summed E-state index contributed by atoms with van der Waals surface area (Å²) in [6.07, 6.45) is 5.51. The average Bonchev–Trinajstić information content (AvgIpc) is 3.08. The van der Waals surface area contributed by atoms with E-state index in [1.165, 1.54) is 22.6 Å². The molecule has 108 valence electrons. The van der Waals surface area contributed by atoms with E-state index in [2.05, 4.69) is 15.6 Å². The van der Waals surface area contributed by atoms with E-state index in [0.29, 0.717) is 5.56 Å². The first-order chi connectivity index (χ1) is 10.3. The standard InChI is InChI=1S/C16H17N3OS/c20-15(19-16-18-13-4-1-5-14(13)21-16)11-6-7-12-10(9-11)3-2-8-17-12/h6-7,9,17H,1-5,8H2,(H,18,19,20). The predicted molar refractivity (Wildman–Crippen MR) is 85.3 cm³/mol. The molecule has 1 aromatic heterocycles. The van der Waals surface area contributed by atoms with E-state index in [9.17, 15) is 4.79 Å². The van der Waals surface area contributed by atoms with Gasteiger partial charge in [0.2, 0.25) is 0 Å². The molecule has 2 aromatic rings. The van der Waals surface area contributed by atoms with Crippen LogP contribution in [0.5, 0.6) is 0 Å². The molecule has 0 radical (unpaired) electrons. The lowest BCUT2D eigenvalue weighted by atomic mass is 10.0. The minimum atomic E-state index is -0.0594. The molecule has 1 amide bonds. The van der Waals surface area contributed by atoms with Crippen LogP contribution in [0.4, 0.5) is 10.8 Å². The molecule has 2 N–H and O–H groups in total. The lowest BCUT2D eigenvalue weighted by Crippen LogP contribution is -2.15. The Kier molecular flexibility index (Phi) is 3.15. The van der Waals surface area contributed by atoms with Gasteiger partial charge in [0.15, 0.2) is 5.13 Å². The number of nitrogens with zero attached hydrogens (tertiary/aromatic N) is 1. The summed E-state index contributed by atoms with van der Waals surface area (Å²) >= 11 is 1.62. The van der Waals surface area contributed by atoms with Crippen molar-refractivity contribution in [2.75, 3.05) is 17.2 Å². The van der Waals surface area contributed by atoms with Gasteiger partial charge in [0, 0.05) is 22.7 Å². The van der Waals surface area contributed by atoms with Crippen LogP contribution in [0.3, 0.4) is 0 Å². The van der Waals surface area contributed by atoms with Crippen molar-refractivity contribution in [1.82, 2.24) is 4.98 Å². The van der Waals surface area contributed by atoms with Crippen LogP contribution >= 0.6 is 11.3 Å². The maximum atomic E-state index is 12.4. The fourth-order valence-electron chi connectivity index (χ4n) is 3.03. The molecule has 4 rings (SSSR count). The van der Waals surface area contributed by atoms with Crippen LogP contribution in [0.25, 0.3) is 0 Å². The van der Waals surface area contributed by atoms with Gasteiger partial charge in [0.25, 0.3) is 5.91 Å². The normalized spacial score (nSPS) is 16.0. The van der Waals surface area contributed by atoms with Gasteiger partial charge in [-0.1, -0.05) is 0 Å². The van der Waals surface area contributed by atoms with Crippen LogP contribution in [0.2, 0.25) is 0 Å². The molecule has 1 aliphatic heterocycles. The van der Waals surface area contributed by atoms with Crippen molar-refractivity contribution in [2.45, 2.75) is 32.1 Å². The molecule has 2 heterocycles. The molecule has 0 unspecified atom stereocenters. The van der Waals surface area contributed by atoms with Crippen molar-refractivity contribution in [1.29, 1.82) is 0 Å². The summed E-state index contributed by atoms with van der Waals surface area (Å²) in [6.45, 7) is 1.02. The number of benzene rings is 1. The smallest absolute Gasteiger partial charge is 0.257 e. The van der Waals surface area contributed by atoms with E-state index >= 15 is 0 Å². The summed E-state index contributed by atoms with van der Waals surface area (Å²) in [6, 6.07) is 5.89. The lowest BCUT2D eigenvalue weighted by Gasteiger charge is -2.18. The van der Waals surface area contributed by atoms with E-state index < -0.39 is 0 Å². The Balaban J connectivity index is 1.54. The van der Waals surface area contributed by atoms with Crippen molar-refractivity contribution >= 4 is 28.1 Å². The van der Waals surface area contributed by atoms with E-state index in [0.717, 1.165) is 43.0 Å². The SMILES string of the molecule is O=C(Nc1nc2c(s1)CCC2)c1ccc2c(c1)CCCN2. The number of rotatable bonds is 2. The number of fused-ring (bicyclic) bond motifs is 2. The van der Waals surface area contributed by atoms with Gasteiger partial charge in [-0.25, -0.2) is 4.98 Å². The number of nitrogens with one attached hydrogen (secondary N) is 2. The number of carbonyl (C=O) groups excluding carboxylic acids is 1. The zero-order valence-corrected chi connectivity index (χ0v) is 12.6. The van der Waals surface area contributed by atoms with Crippen molar-refractivity contribution < 1.29 is 4.79 Å². The fraction of sp³-hybridized carbons (Fsp3) is 0.375. The monoisotopic (exact) mass is 299 g/mol. The summed E-state index contributed by atoms with van der Waals surface area (Å²) in [7, 11) is 0. The summed E-state index contributed by atoms with van der Waals surface area (Å²) in [5.41, 5.74) is 4.28. The molecule has 4 nitrogen and oxygen atoms in total. The van der Waals surface area contributed by atoms with Crippen molar-refractivity contribution in [3.05, 3.63) is 39.9 Å². The molecule has 0 saturated carbocycles. The first-order valence-electron chi connectivity index (χ1n) is 7.46.